The first-order chi connectivity index (χ1) is 10.1. The zero-order chi connectivity index (χ0) is 14.8. The van der Waals surface area contributed by atoms with Crippen molar-refractivity contribution in [2.75, 3.05) is 7.05 Å². The third-order valence-corrected chi connectivity index (χ3v) is 4.83. The van der Waals surface area contributed by atoms with Gasteiger partial charge in [0.2, 0.25) is 5.91 Å². The highest BCUT2D eigenvalue weighted by Crippen LogP contribution is 2.33. The monoisotopic (exact) mass is 326 g/mol. The highest BCUT2D eigenvalue weighted by Gasteiger charge is 2.34. The second-order valence-corrected chi connectivity index (χ2v) is 6.52. The van der Waals surface area contributed by atoms with Gasteiger partial charge in [0.05, 0.1) is 0 Å². The van der Waals surface area contributed by atoms with Crippen LogP contribution in [0.5, 0.6) is 0 Å². The van der Waals surface area contributed by atoms with E-state index in [0.29, 0.717) is 36.5 Å². The molecular weight excluding hydrogens is 303 g/mol. The first-order valence-corrected chi connectivity index (χ1v) is 7.85. The largest absolute Gasteiger partial charge is 0.341 e. The molecule has 2 heterocycles. The Morgan fingerprint density at radius 1 is 1.27 bits per heavy atom. The molecule has 0 radical (unpaired) electrons. The fraction of sp³-hybridized carbons (Fsp3) is 0.588. The number of hydrogen-bond acceptors (Lipinski definition) is 2. The molecule has 2 atom stereocenters. The number of amides is 1. The van der Waals surface area contributed by atoms with Gasteiger partial charge >= 0.3 is 0 Å². The maximum absolute atomic E-state index is 13.6. The number of benzene rings is 1. The van der Waals surface area contributed by atoms with E-state index in [-0.39, 0.29) is 24.1 Å². The van der Waals surface area contributed by atoms with E-state index in [1.54, 1.807) is 30.1 Å². The van der Waals surface area contributed by atoms with Crippen LogP contribution in [0.4, 0.5) is 4.39 Å². The second kappa shape index (κ2) is 7.42. The van der Waals surface area contributed by atoms with Crippen LogP contribution in [0.3, 0.4) is 0 Å². The van der Waals surface area contributed by atoms with Gasteiger partial charge in [0.15, 0.2) is 0 Å². The van der Waals surface area contributed by atoms with Crippen molar-refractivity contribution in [3.05, 3.63) is 35.6 Å². The Bertz CT molecular complexity index is 513. The van der Waals surface area contributed by atoms with Gasteiger partial charge in [-0.05, 0) is 37.7 Å². The Hall–Kier alpha value is -1.13. The van der Waals surface area contributed by atoms with Crippen LogP contribution in [0.1, 0.15) is 37.7 Å². The Labute approximate surface area is 137 Å². The lowest BCUT2D eigenvalue weighted by atomic mass is 9.89. The van der Waals surface area contributed by atoms with Gasteiger partial charge in [0.25, 0.3) is 0 Å². The molecule has 0 aromatic heterocycles. The average Bonchev–Trinajstić information content (AvgIpc) is 2.80. The summed E-state index contributed by atoms with van der Waals surface area (Å²) >= 11 is 0. The number of nitrogens with zero attached hydrogens (tertiary/aromatic N) is 1. The molecule has 2 aliphatic heterocycles. The Balaban J connectivity index is 0.00000176. The summed E-state index contributed by atoms with van der Waals surface area (Å²) in [4.78, 5) is 14.0. The fourth-order valence-electron chi connectivity index (χ4n) is 3.71. The summed E-state index contributed by atoms with van der Waals surface area (Å²) in [6, 6.07) is 7.88. The number of nitrogens with one attached hydrogen (secondary N) is 1. The van der Waals surface area contributed by atoms with Gasteiger partial charge in [-0.3, -0.25) is 4.79 Å². The molecule has 2 fully saturated rings. The lowest BCUT2D eigenvalue weighted by molar-refractivity contribution is -0.131. The fourth-order valence-corrected chi connectivity index (χ4v) is 3.71. The van der Waals surface area contributed by atoms with Crippen LogP contribution in [-0.2, 0) is 11.3 Å². The predicted octanol–water partition coefficient (Wildman–Crippen LogP) is 3.13. The van der Waals surface area contributed by atoms with Crippen LogP contribution >= 0.6 is 12.4 Å². The first-order valence-electron chi connectivity index (χ1n) is 7.85. The van der Waals surface area contributed by atoms with Crippen LogP contribution < -0.4 is 5.32 Å². The minimum atomic E-state index is -0.239. The number of halogens is 2. The summed E-state index contributed by atoms with van der Waals surface area (Å²) in [5.41, 5.74) is 0.582. The van der Waals surface area contributed by atoms with E-state index in [2.05, 4.69) is 5.32 Å². The summed E-state index contributed by atoms with van der Waals surface area (Å²) in [5, 5.41) is 3.60. The summed E-state index contributed by atoms with van der Waals surface area (Å²) < 4.78 is 13.6. The van der Waals surface area contributed by atoms with Crippen LogP contribution in [0.15, 0.2) is 24.3 Å². The third-order valence-electron chi connectivity index (χ3n) is 4.83. The summed E-state index contributed by atoms with van der Waals surface area (Å²) in [7, 11) is 1.77. The number of carbonyl (C=O) groups excluding carboxylic acids is 1. The van der Waals surface area contributed by atoms with E-state index in [9.17, 15) is 9.18 Å². The Morgan fingerprint density at radius 2 is 1.91 bits per heavy atom. The summed E-state index contributed by atoms with van der Waals surface area (Å²) in [5.74, 6) is 0.376. The van der Waals surface area contributed by atoms with Crippen molar-refractivity contribution in [1.82, 2.24) is 10.2 Å². The molecular formula is C17H24ClFN2O. The molecule has 1 amide bonds. The molecule has 3 nitrogen and oxygen atoms in total. The third kappa shape index (κ3) is 3.99. The molecule has 122 valence electrons. The average molecular weight is 327 g/mol. The second-order valence-electron chi connectivity index (χ2n) is 6.52. The molecule has 2 aliphatic rings. The normalized spacial score (nSPS) is 26.4. The van der Waals surface area contributed by atoms with Gasteiger partial charge < -0.3 is 10.2 Å². The molecule has 1 aromatic carbocycles. The quantitative estimate of drug-likeness (QED) is 0.922. The van der Waals surface area contributed by atoms with Crippen LogP contribution in [0, 0.1) is 11.7 Å². The Morgan fingerprint density at radius 3 is 2.55 bits per heavy atom. The van der Waals surface area contributed by atoms with Crippen molar-refractivity contribution in [2.45, 2.75) is 50.7 Å². The van der Waals surface area contributed by atoms with Gasteiger partial charge in [0, 0.05) is 37.7 Å². The molecule has 2 unspecified atom stereocenters. The molecule has 2 saturated heterocycles. The minimum absolute atomic E-state index is 0. The number of hydrogen-bond donors (Lipinski definition) is 1. The topological polar surface area (TPSA) is 32.3 Å². The standard InChI is InChI=1S/C17H23FN2O.ClH/c1-20(11-13-4-2-3-5-16(13)18)17(21)10-12-8-14-6-7-15(9-12)19-14;/h2-5,12,14-15,19H,6-11H2,1H3;1H. The lowest BCUT2D eigenvalue weighted by Crippen LogP contribution is -2.40. The smallest absolute Gasteiger partial charge is 0.222 e. The molecule has 1 N–H and O–H groups in total. The molecule has 5 heteroatoms. The predicted molar refractivity (Wildman–Crippen MR) is 87.4 cm³/mol. The van der Waals surface area contributed by atoms with Crippen molar-refractivity contribution >= 4 is 18.3 Å². The van der Waals surface area contributed by atoms with Crippen molar-refractivity contribution in [1.29, 1.82) is 0 Å². The zero-order valence-electron chi connectivity index (χ0n) is 12.9. The van der Waals surface area contributed by atoms with E-state index in [0.717, 1.165) is 12.8 Å². The number of piperidine rings is 1. The van der Waals surface area contributed by atoms with Crippen molar-refractivity contribution in [3.63, 3.8) is 0 Å². The van der Waals surface area contributed by atoms with Crippen LogP contribution in [0.2, 0.25) is 0 Å². The van der Waals surface area contributed by atoms with Gasteiger partial charge in [0.1, 0.15) is 5.82 Å². The molecule has 3 rings (SSSR count). The van der Waals surface area contributed by atoms with Gasteiger partial charge in [-0.2, -0.15) is 0 Å². The maximum atomic E-state index is 13.6. The Kier molecular flexibility index (Phi) is 5.81. The SMILES string of the molecule is CN(Cc1ccccc1F)C(=O)CC1CC2CCC(C1)N2.Cl. The van der Waals surface area contributed by atoms with Gasteiger partial charge in [-0.15, -0.1) is 12.4 Å². The van der Waals surface area contributed by atoms with E-state index in [1.165, 1.54) is 18.9 Å². The first kappa shape index (κ1) is 17.2. The molecule has 1 aromatic rings. The van der Waals surface area contributed by atoms with E-state index >= 15 is 0 Å². The highest BCUT2D eigenvalue weighted by atomic mass is 35.5. The molecule has 0 saturated carbocycles. The molecule has 0 spiro atoms. The zero-order valence-corrected chi connectivity index (χ0v) is 13.7. The number of rotatable bonds is 4. The minimum Gasteiger partial charge on any atom is -0.341 e. The summed E-state index contributed by atoms with van der Waals surface area (Å²) in [6.07, 6.45) is 5.31. The molecule has 2 bridgehead atoms. The van der Waals surface area contributed by atoms with Gasteiger partial charge in [-0.25, -0.2) is 4.39 Å². The van der Waals surface area contributed by atoms with Crippen molar-refractivity contribution in [3.8, 4) is 0 Å². The summed E-state index contributed by atoms with van der Waals surface area (Å²) in [6.45, 7) is 0.351. The van der Waals surface area contributed by atoms with E-state index in [4.69, 9.17) is 0 Å². The van der Waals surface area contributed by atoms with E-state index in [1.807, 2.05) is 0 Å². The molecule has 0 aliphatic carbocycles. The van der Waals surface area contributed by atoms with Crippen molar-refractivity contribution < 1.29 is 9.18 Å². The molecule has 22 heavy (non-hydrogen) atoms. The number of fused-ring (bicyclic) bond motifs is 2. The van der Waals surface area contributed by atoms with Gasteiger partial charge in [-0.1, -0.05) is 18.2 Å². The van der Waals surface area contributed by atoms with E-state index < -0.39 is 0 Å². The number of carbonyl (C=O) groups is 1. The van der Waals surface area contributed by atoms with Crippen LogP contribution in [-0.4, -0.2) is 29.9 Å². The van der Waals surface area contributed by atoms with Crippen LogP contribution in [0.25, 0.3) is 0 Å². The lowest BCUT2D eigenvalue weighted by Gasteiger charge is -2.30. The highest BCUT2D eigenvalue weighted by molar-refractivity contribution is 5.85. The van der Waals surface area contributed by atoms with Crippen molar-refractivity contribution in [2.24, 2.45) is 5.92 Å². The maximum Gasteiger partial charge on any atom is 0.222 e.